The Hall–Kier alpha value is -2.08. The van der Waals surface area contributed by atoms with Gasteiger partial charge in [-0.2, -0.15) is 0 Å². The molecule has 0 spiro atoms. The van der Waals surface area contributed by atoms with Crippen molar-refractivity contribution in [2.75, 3.05) is 11.9 Å². The number of benzene rings is 1. The van der Waals surface area contributed by atoms with Crippen LogP contribution in [0.5, 0.6) is 5.75 Å². The summed E-state index contributed by atoms with van der Waals surface area (Å²) in [5.41, 5.74) is 1.25. The topological polar surface area (TPSA) is 72.2 Å². The van der Waals surface area contributed by atoms with Crippen molar-refractivity contribution in [1.29, 1.82) is 0 Å². The van der Waals surface area contributed by atoms with E-state index in [1.807, 2.05) is 18.2 Å². The summed E-state index contributed by atoms with van der Waals surface area (Å²) >= 11 is 0. The van der Waals surface area contributed by atoms with Crippen molar-refractivity contribution < 1.29 is 9.15 Å². The van der Waals surface area contributed by atoms with Gasteiger partial charge in [0, 0.05) is 12.5 Å². The third-order valence-electron chi connectivity index (χ3n) is 3.32. The lowest BCUT2D eigenvalue weighted by atomic mass is 10.1. The zero-order chi connectivity index (χ0) is 14.7. The first-order valence-electron chi connectivity index (χ1n) is 7.25. The van der Waals surface area contributed by atoms with Crippen molar-refractivity contribution in [3.05, 3.63) is 35.7 Å². The summed E-state index contributed by atoms with van der Waals surface area (Å²) in [6, 6.07) is 8.94. The Kier molecular flexibility index (Phi) is 4.06. The number of nitrogens with one attached hydrogen (secondary N) is 2. The second kappa shape index (κ2) is 6.13. The fraction of sp³-hybridized carbons (Fsp3) is 0.467. The minimum absolute atomic E-state index is 0.103. The van der Waals surface area contributed by atoms with Crippen LogP contribution in [-0.2, 0) is 13.0 Å². The molecule has 21 heavy (non-hydrogen) atoms. The molecule has 1 aromatic carbocycles. The molecule has 1 aromatic heterocycles. The number of anilines is 1. The van der Waals surface area contributed by atoms with E-state index in [1.165, 1.54) is 5.56 Å². The van der Waals surface area contributed by atoms with Crippen molar-refractivity contribution in [2.24, 2.45) is 0 Å². The molecule has 0 aliphatic carbocycles. The number of hydrogen-bond acceptors (Lipinski definition) is 6. The van der Waals surface area contributed by atoms with Gasteiger partial charge in [-0.3, -0.25) is 0 Å². The molecule has 0 radical (unpaired) electrons. The normalized spacial score (nSPS) is 16.8. The van der Waals surface area contributed by atoms with Gasteiger partial charge in [-0.05, 0) is 11.6 Å². The number of aromatic nitrogens is 2. The zero-order valence-corrected chi connectivity index (χ0v) is 12.3. The third-order valence-corrected chi connectivity index (χ3v) is 3.32. The lowest BCUT2D eigenvalue weighted by molar-refractivity contribution is 0.245. The average Bonchev–Trinajstić information content (AvgIpc) is 3.09. The maximum Gasteiger partial charge on any atom is 0.315 e. The van der Waals surface area contributed by atoms with Crippen LogP contribution < -0.4 is 15.4 Å². The molecule has 1 aliphatic heterocycles. The van der Waals surface area contributed by atoms with Gasteiger partial charge < -0.3 is 19.8 Å². The molecule has 1 unspecified atom stereocenters. The fourth-order valence-electron chi connectivity index (χ4n) is 2.26. The van der Waals surface area contributed by atoms with Gasteiger partial charge >= 0.3 is 6.01 Å². The Labute approximate surface area is 123 Å². The van der Waals surface area contributed by atoms with E-state index in [0.717, 1.165) is 12.2 Å². The van der Waals surface area contributed by atoms with Crippen LogP contribution in [-0.4, -0.2) is 28.9 Å². The fourth-order valence-corrected chi connectivity index (χ4v) is 2.26. The summed E-state index contributed by atoms with van der Waals surface area (Å²) in [6.45, 7) is 5.38. The molecular weight excluding hydrogens is 268 g/mol. The molecule has 6 heteroatoms. The molecule has 1 aliphatic rings. The highest BCUT2D eigenvalue weighted by atomic mass is 16.5. The predicted molar refractivity (Wildman–Crippen MR) is 79.3 cm³/mol. The molecule has 0 amide bonds. The molecule has 0 saturated heterocycles. The molecule has 6 nitrogen and oxygen atoms in total. The van der Waals surface area contributed by atoms with E-state index >= 15 is 0 Å². The molecule has 0 fully saturated rings. The van der Waals surface area contributed by atoms with Crippen LogP contribution in [0.2, 0.25) is 0 Å². The van der Waals surface area contributed by atoms with Crippen molar-refractivity contribution in [1.82, 2.24) is 15.5 Å². The van der Waals surface area contributed by atoms with Crippen LogP contribution in [0.3, 0.4) is 0 Å². The Bertz CT molecular complexity index is 572. The molecule has 112 valence electrons. The number of para-hydroxylation sites is 1. The van der Waals surface area contributed by atoms with Crippen LogP contribution in [0, 0.1) is 0 Å². The van der Waals surface area contributed by atoms with Crippen molar-refractivity contribution in [3.8, 4) is 5.75 Å². The van der Waals surface area contributed by atoms with Crippen molar-refractivity contribution in [2.45, 2.75) is 39.0 Å². The number of fused-ring (bicyclic) bond motifs is 1. The van der Waals surface area contributed by atoms with Crippen molar-refractivity contribution >= 4 is 6.01 Å². The predicted octanol–water partition coefficient (Wildman–Crippen LogP) is 1.98. The Morgan fingerprint density at radius 1 is 1.29 bits per heavy atom. The summed E-state index contributed by atoms with van der Waals surface area (Å²) in [5, 5.41) is 14.3. The average molecular weight is 288 g/mol. The van der Waals surface area contributed by atoms with Crippen LogP contribution in [0.4, 0.5) is 6.01 Å². The SMILES string of the molecule is CC(C)NCc1nnc(NCC2Cc3ccccc3O2)o1. The quantitative estimate of drug-likeness (QED) is 0.847. The summed E-state index contributed by atoms with van der Waals surface area (Å²) in [5.74, 6) is 1.55. The zero-order valence-electron chi connectivity index (χ0n) is 12.3. The summed E-state index contributed by atoms with van der Waals surface area (Å²) < 4.78 is 11.4. The maximum absolute atomic E-state index is 5.85. The first-order chi connectivity index (χ1) is 10.2. The van der Waals surface area contributed by atoms with Crippen LogP contribution in [0.15, 0.2) is 28.7 Å². The minimum atomic E-state index is 0.103. The molecule has 2 heterocycles. The minimum Gasteiger partial charge on any atom is -0.488 e. The van der Waals surface area contributed by atoms with Gasteiger partial charge in [0.1, 0.15) is 11.9 Å². The lowest BCUT2D eigenvalue weighted by Gasteiger charge is -2.10. The molecule has 3 rings (SSSR count). The van der Waals surface area contributed by atoms with E-state index in [1.54, 1.807) is 0 Å². The largest absolute Gasteiger partial charge is 0.488 e. The second-order valence-corrected chi connectivity index (χ2v) is 5.47. The highest BCUT2D eigenvalue weighted by Crippen LogP contribution is 2.28. The van der Waals surface area contributed by atoms with Gasteiger partial charge in [-0.15, -0.1) is 5.10 Å². The standard InChI is InChI=1S/C15H20N4O2/c1-10(2)16-9-14-18-19-15(21-14)17-8-12-7-11-5-3-4-6-13(11)20-12/h3-6,10,12,16H,7-9H2,1-2H3,(H,17,19). The molecule has 1 atom stereocenters. The monoisotopic (exact) mass is 288 g/mol. The molecular formula is C15H20N4O2. The first kappa shape index (κ1) is 13.9. The summed E-state index contributed by atoms with van der Waals surface area (Å²) in [6.07, 6.45) is 1.01. The van der Waals surface area contributed by atoms with Gasteiger partial charge in [0.05, 0.1) is 13.1 Å². The van der Waals surface area contributed by atoms with Crippen LogP contribution in [0.25, 0.3) is 0 Å². The third kappa shape index (κ3) is 3.52. The number of ether oxygens (including phenoxy) is 1. The van der Waals surface area contributed by atoms with E-state index in [0.29, 0.717) is 31.0 Å². The van der Waals surface area contributed by atoms with Gasteiger partial charge in [0.25, 0.3) is 0 Å². The maximum atomic E-state index is 5.85. The second-order valence-electron chi connectivity index (χ2n) is 5.47. The van der Waals surface area contributed by atoms with E-state index in [9.17, 15) is 0 Å². The van der Waals surface area contributed by atoms with Gasteiger partial charge in [0.15, 0.2) is 0 Å². The van der Waals surface area contributed by atoms with E-state index in [-0.39, 0.29) is 6.10 Å². The lowest BCUT2D eigenvalue weighted by Crippen LogP contribution is -2.24. The number of nitrogens with zero attached hydrogens (tertiary/aromatic N) is 2. The Morgan fingerprint density at radius 2 is 2.14 bits per heavy atom. The van der Waals surface area contributed by atoms with E-state index in [2.05, 4.69) is 40.7 Å². The first-order valence-corrected chi connectivity index (χ1v) is 7.25. The highest BCUT2D eigenvalue weighted by molar-refractivity contribution is 5.37. The smallest absolute Gasteiger partial charge is 0.315 e. The van der Waals surface area contributed by atoms with Crippen molar-refractivity contribution in [3.63, 3.8) is 0 Å². The van der Waals surface area contributed by atoms with E-state index in [4.69, 9.17) is 9.15 Å². The molecule has 2 aromatic rings. The summed E-state index contributed by atoms with van der Waals surface area (Å²) in [4.78, 5) is 0. The highest BCUT2D eigenvalue weighted by Gasteiger charge is 2.22. The number of hydrogen-bond donors (Lipinski definition) is 2. The van der Waals surface area contributed by atoms with Gasteiger partial charge in [-0.25, -0.2) is 0 Å². The van der Waals surface area contributed by atoms with Gasteiger partial charge in [-0.1, -0.05) is 37.1 Å². The summed E-state index contributed by atoms with van der Waals surface area (Å²) in [7, 11) is 0. The number of rotatable bonds is 6. The molecule has 0 bridgehead atoms. The van der Waals surface area contributed by atoms with E-state index < -0.39 is 0 Å². The Morgan fingerprint density at radius 3 is 2.95 bits per heavy atom. The van der Waals surface area contributed by atoms with Gasteiger partial charge in [0.2, 0.25) is 5.89 Å². The van der Waals surface area contributed by atoms with Crippen LogP contribution in [0.1, 0.15) is 25.3 Å². The Balaban J connectivity index is 1.48. The molecule has 0 saturated carbocycles. The van der Waals surface area contributed by atoms with Crippen LogP contribution >= 0.6 is 0 Å². The molecule has 2 N–H and O–H groups in total.